The van der Waals surface area contributed by atoms with Crippen molar-refractivity contribution < 1.29 is 4.42 Å². The fourth-order valence-electron chi connectivity index (χ4n) is 1.98. The maximum Gasteiger partial charge on any atom is 0.223 e. The zero-order valence-electron chi connectivity index (χ0n) is 11.0. The van der Waals surface area contributed by atoms with E-state index in [1.807, 2.05) is 26.0 Å². The van der Waals surface area contributed by atoms with Crippen LogP contribution in [0.1, 0.15) is 18.2 Å². The highest BCUT2D eigenvalue weighted by Crippen LogP contribution is 2.32. The number of benzene rings is 1. The van der Waals surface area contributed by atoms with Gasteiger partial charge in [0, 0.05) is 11.8 Å². The molecule has 6 N–H and O–H groups in total. The second-order valence-corrected chi connectivity index (χ2v) is 4.16. The van der Waals surface area contributed by atoms with Gasteiger partial charge in [0.1, 0.15) is 11.4 Å². The third-order valence-electron chi connectivity index (χ3n) is 2.84. The van der Waals surface area contributed by atoms with Crippen LogP contribution in [0.15, 0.2) is 32.6 Å². The van der Waals surface area contributed by atoms with Gasteiger partial charge in [-0.3, -0.25) is 0 Å². The van der Waals surface area contributed by atoms with Gasteiger partial charge in [0.15, 0.2) is 11.5 Å². The molecule has 1 heterocycles. The van der Waals surface area contributed by atoms with E-state index in [4.69, 9.17) is 21.6 Å². The molecule has 0 aliphatic heterocycles. The molecule has 0 aliphatic rings. The van der Waals surface area contributed by atoms with Crippen LogP contribution in [0.5, 0.6) is 0 Å². The van der Waals surface area contributed by atoms with Crippen LogP contribution >= 0.6 is 0 Å². The Morgan fingerprint density at radius 1 is 1.26 bits per heavy atom. The van der Waals surface area contributed by atoms with Crippen molar-refractivity contribution in [2.75, 3.05) is 0 Å². The number of rotatable bonds is 2. The number of hydrogen-bond acceptors (Lipinski definition) is 2. The minimum Gasteiger partial charge on any atom is -0.459 e. The maximum absolute atomic E-state index is 5.81. The number of fused-ring (bicyclic) bond motifs is 1. The van der Waals surface area contributed by atoms with Crippen LogP contribution in [0.3, 0.4) is 0 Å². The summed E-state index contributed by atoms with van der Waals surface area (Å²) < 4.78 is 5.81. The number of guanidine groups is 2. The highest BCUT2D eigenvalue weighted by Gasteiger charge is 2.11. The molecule has 0 spiro atoms. The average Bonchev–Trinajstić information content (AvgIpc) is 2.67. The van der Waals surface area contributed by atoms with E-state index in [1.165, 1.54) is 0 Å². The van der Waals surface area contributed by atoms with Crippen molar-refractivity contribution in [3.05, 3.63) is 29.5 Å². The third kappa shape index (κ3) is 2.52. The van der Waals surface area contributed by atoms with Crippen molar-refractivity contribution in [2.24, 2.45) is 27.2 Å². The van der Waals surface area contributed by atoms with Crippen LogP contribution in [-0.4, -0.2) is 11.9 Å². The van der Waals surface area contributed by atoms with Gasteiger partial charge in [-0.25, -0.2) is 4.99 Å². The molecule has 19 heavy (non-hydrogen) atoms. The van der Waals surface area contributed by atoms with Crippen LogP contribution < -0.4 is 17.2 Å². The van der Waals surface area contributed by atoms with Crippen LogP contribution in [0.25, 0.3) is 11.0 Å². The van der Waals surface area contributed by atoms with Crippen molar-refractivity contribution in [3.8, 4) is 0 Å². The van der Waals surface area contributed by atoms with Crippen molar-refractivity contribution >= 4 is 28.6 Å². The molecular formula is C13H17N5O. The van der Waals surface area contributed by atoms with E-state index in [0.717, 1.165) is 23.1 Å². The first kappa shape index (κ1) is 12.9. The lowest BCUT2D eigenvalue weighted by Gasteiger charge is -1.97. The summed E-state index contributed by atoms with van der Waals surface area (Å²) in [5, 5.41) is 1.02. The predicted molar refractivity (Wildman–Crippen MR) is 77.4 cm³/mol. The molecule has 6 nitrogen and oxygen atoms in total. The zero-order chi connectivity index (χ0) is 14.0. The number of para-hydroxylation sites is 1. The van der Waals surface area contributed by atoms with E-state index in [2.05, 4.69) is 9.98 Å². The Bertz CT molecular complexity index is 665. The first-order valence-corrected chi connectivity index (χ1v) is 5.97. The second-order valence-electron chi connectivity index (χ2n) is 4.16. The van der Waals surface area contributed by atoms with Crippen molar-refractivity contribution in [3.63, 3.8) is 0 Å². The third-order valence-corrected chi connectivity index (χ3v) is 2.84. The van der Waals surface area contributed by atoms with E-state index in [0.29, 0.717) is 11.3 Å². The lowest BCUT2D eigenvalue weighted by Crippen LogP contribution is -2.26. The smallest absolute Gasteiger partial charge is 0.223 e. The Morgan fingerprint density at radius 2 is 2.00 bits per heavy atom. The van der Waals surface area contributed by atoms with E-state index >= 15 is 0 Å². The quantitative estimate of drug-likeness (QED) is 0.560. The molecule has 0 radical (unpaired) electrons. The maximum atomic E-state index is 5.81. The van der Waals surface area contributed by atoms with Crippen molar-refractivity contribution in [1.82, 2.24) is 0 Å². The summed E-state index contributed by atoms with van der Waals surface area (Å²) >= 11 is 0. The molecule has 0 fully saturated rings. The van der Waals surface area contributed by atoms with E-state index in [1.54, 1.807) is 6.07 Å². The van der Waals surface area contributed by atoms with E-state index < -0.39 is 0 Å². The molecule has 0 aliphatic carbocycles. The molecular weight excluding hydrogens is 242 g/mol. The number of nitrogens with two attached hydrogens (primary N) is 3. The van der Waals surface area contributed by atoms with E-state index in [9.17, 15) is 0 Å². The SMILES string of the molecule is CCc1oc2c(N=C(N)N=C(N)N)cccc2c1C. The lowest BCUT2D eigenvalue weighted by atomic mass is 10.1. The summed E-state index contributed by atoms with van der Waals surface area (Å²) in [5.74, 6) is 0.816. The van der Waals surface area contributed by atoms with Crippen LogP contribution in [0.4, 0.5) is 5.69 Å². The molecule has 0 saturated heterocycles. The topological polar surface area (TPSA) is 116 Å². The summed E-state index contributed by atoms with van der Waals surface area (Å²) in [6.07, 6.45) is 0.826. The van der Waals surface area contributed by atoms with Crippen molar-refractivity contribution in [1.29, 1.82) is 0 Å². The molecule has 1 aromatic heterocycles. The minimum atomic E-state index is -0.127. The van der Waals surface area contributed by atoms with Gasteiger partial charge in [-0.2, -0.15) is 4.99 Å². The van der Waals surface area contributed by atoms with E-state index in [-0.39, 0.29) is 11.9 Å². The largest absolute Gasteiger partial charge is 0.459 e. The number of aliphatic imine (C=N–C) groups is 2. The highest BCUT2D eigenvalue weighted by molar-refractivity contribution is 5.97. The molecule has 1 aromatic carbocycles. The van der Waals surface area contributed by atoms with Gasteiger partial charge < -0.3 is 21.6 Å². The van der Waals surface area contributed by atoms with Crippen LogP contribution in [0, 0.1) is 6.92 Å². The summed E-state index contributed by atoms with van der Waals surface area (Å²) in [6.45, 7) is 4.07. The molecule has 0 unspecified atom stereocenters. The highest BCUT2D eigenvalue weighted by atomic mass is 16.3. The number of nitrogens with zero attached hydrogens (tertiary/aromatic N) is 2. The molecule has 100 valence electrons. The fourth-order valence-corrected chi connectivity index (χ4v) is 1.98. The Morgan fingerprint density at radius 3 is 2.63 bits per heavy atom. The van der Waals surface area contributed by atoms with Gasteiger partial charge in [0.05, 0.1) is 0 Å². The summed E-state index contributed by atoms with van der Waals surface area (Å²) in [5.41, 5.74) is 18.6. The van der Waals surface area contributed by atoms with Gasteiger partial charge >= 0.3 is 0 Å². The predicted octanol–water partition coefficient (Wildman–Crippen LogP) is 1.52. The Balaban J connectivity index is 2.59. The summed E-state index contributed by atoms with van der Waals surface area (Å²) in [6, 6.07) is 5.69. The Labute approximate surface area is 111 Å². The zero-order valence-corrected chi connectivity index (χ0v) is 11.0. The molecule has 0 bridgehead atoms. The van der Waals surface area contributed by atoms with Gasteiger partial charge in [-0.05, 0) is 18.6 Å². The molecule has 6 heteroatoms. The average molecular weight is 259 g/mol. The molecule has 2 aromatic rings. The molecule has 2 rings (SSSR count). The molecule has 0 atom stereocenters. The Hall–Kier alpha value is -2.50. The summed E-state index contributed by atoms with van der Waals surface area (Å²) in [7, 11) is 0. The first-order chi connectivity index (χ1) is 9.02. The van der Waals surface area contributed by atoms with Crippen LogP contribution in [-0.2, 0) is 6.42 Å². The normalized spacial score (nSPS) is 11.8. The number of hydrogen-bond donors (Lipinski definition) is 3. The van der Waals surface area contributed by atoms with Gasteiger partial charge in [-0.1, -0.05) is 19.1 Å². The Kier molecular flexibility index (Phi) is 3.41. The monoisotopic (exact) mass is 259 g/mol. The molecule has 0 saturated carbocycles. The second kappa shape index (κ2) is 5.01. The standard InChI is InChI=1S/C13H17N5O/c1-3-10-7(2)8-5-4-6-9(11(8)19-10)17-13(16)18-12(14)15/h4-6H,3H2,1-2H3,(H6,14,15,16,17,18). The van der Waals surface area contributed by atoms with Crippen LogP contribution in [0.2, 0.25) is 0 Å². The lowest BCUT2D eigenvalue weighted by molar-refractivity contribution is 0.554. The van der Waals surface area contributed by atoms with Crippen molar-refractivity contribution in [2.45, 2.75) is 20.3 Å². The fraction of sp³-hybridized carbons (Fsp3) is 0.231. The summed E-state index contributed by atoms with van der Waals surface area (Å²) in [4.78, 5) is 7.86. The van der Waals surface area contributed by atoms with Gasteiger partial charge in [0.25, 0.3) is 0 Å². The van der Waals surface area contributed by atoms with Gasteiger partial charge in [0.2, 0.25) is 5.96 Å². The minimum absolute atomic E-state index is 0.000369. The first-order valence-electron chi connectivity index (χ1n) is 5.97. The number of aryl methyl sites for hydroxylation is 2. The number of furan rings is 1. The van der Waals surface area contributed by atoms with Gasteiger partial charge in [-0.15, -0.1) is 0 Å². The molecule has 0 amide bonds.